The van der Waals surface area contributed by atoms with E-state index in [1.54, 1.807) is 0 Å². The van der Waals surface area contributed by atoms with Gasteiger partial charge < -0.3 is 11.1 Å². The van der Waals surface area contributed by atoms with E-state index in [2.05, 4.69) is 5.32 Å². The maximum Gasteiger partial charge on any atom is 0.222 e. The zero-order valence-electron chi connectivity index (χ0n) is 11.1. The highest BCUT2D eigenvalue weighted by atomic mass is 35.5. The molecule has 19 heavy (non-hydrogen) atoms. The van der Waals surface area contributed by atoms with Crippen molar-refractivity contribution < 1.29 is 4.79 Å². The molecular formula is C15H21ClN2O. The Labute approximate surface area is 119 Å². The fourth-order valence-corrected chi connectivity index (χ4v) is 2.74. The van der Waals surface area contributed by atoms with E-state index in [1.165, 1.54) is 6.42 Å². The minimum Gasteiger partial charge on any atom is -0.352 e. The van der Waals surface area contributed by atoms with E-state index in [4.69, 9.17) is 17.3 Å². The van der Waals surface area contributed by atoms with Gasteiger partial charge in [0.2, 0.25) is 5.91 Å². The van der Waals surface area contributed by atoms with E-state index in [9.17, 15) is 4.79 Å². The number of halogens is 1. The minimum absolute atomic E-state index is 0.0411. The van der Waals surface area contributed by atoms with E-state index in [0.717, 1.165) is 31.2 Å². The zero-order valence-corrected chi connectivity index (χ0v) is 11.9. The molecule has 0 spiro atoms. The Bertz CT molecular complexity index is 424. The van der Waals surface area contributed by atoms with Crippen LogP contribution in [0.4, 0.5) is 0 Å². The maximum absolute atomic E-state index is 11.9. The van der Waals surface area contributed by atoms with Crippen LogP contribution in [0.3, 0.4) is 0 Å². The number of benzene rings is 1. The number of amides is 1. The van der Waals surface area contributed by atoms with Crippen LogP contribution in [0.2, 0.25) is 5.02 Å². The molecule has 3 nitrogen and oxygen atoms in total. The third kappa shape index (κ3) is 4.51. The van der Waals surface area contributed by atoms with Gasteiger partial charge in [-0.1, -0.05) is 43.0 Å². The number of nitrogens with one attached hydrogen (secondary N) is 1. The second kappa shape index (κ2) is 6.40. The molecule has 2 rings (SSSR count). The lowest BCUT2D eigenvalue weighted by molar-refractivity contribution is -0.122. The second-order valence-corrected chi connectivity index (χ2v) is 5.94. The van der Waals surface area contributed by atoms with Gasteiger partial charge in [0.1, 0.15) is 0 Å². The summed E-state index contributed by atoms with van der Waals surface area (Å²) >= 11 is 5.82. The van der Waals surface area contributed by atoms with Crippen molar-refractivity contribution in [3.8, 4) is 0 Å². The summed E-state index contributed by atoms with van der Waals surface area (Å²) in [6, 6.07) is 7.49. The summed E-state index contributed by atoms with van der Waals surface area (Å²) in [6.45, 7) is 0.534. The van der Waals surface area contributed by atoms with Crippen LogP contribution in [0.1, 0.15) is 44.1 Å². The first-order valence-corrected chi connectivity index (χ1v) is 7.25. The predicted molar refractivity (Wildman–Crippen MR) is 77.9 cm³/mol. The first-order valence-electron chi connectivity index (χ1n) is 6.87. The zero-order chi connectivity index (χ0) is 13.7. The smallest absolute Gasteiger partial charge is 0.222 e. The molecule has 0 radical (unpaired) electrons. The van der Waals surface area contributed by atoms with Gasteiger partial charge in [0.15, 0.2) is 0 Å². The molecule has 0 aromatic heterocycles. The second-order valence-electron chi connectivity index (χ2n) is 5.50. The molecule has 1 aromatic carbocycles. The van der Waals surface area contributed by atoms with Gasteiger partial charge in [-0.25, -0.2) is 0 Å². The van der Waals surface area contributed by atoms with Gasteiger partial charge in [0.25, 0.3) is 0 Å². The highest BCUT2D eigenvalue weighted by Crippen LogP contribution is 2.28. The summed E-state index contributed by atoms with van der Waals surface area (Å²) in [6.07, 6.45) is 5.87. The number of hydrogen-bond donors (Lipinski definition) is 2. The molecule has 1 aliphatic carbocycles. The van der Waals surface area contributed by atoms with Gasteiger partial charge in [0, 0.05) is 23.5 Å². The number of carbonyl (C=O) groups excluding carboxylic acids is 1. The van der Waals surface area contributed by atoms with Gasteiger partial charge in [-0.05, 0) is 30.5 Å². The Kier molecular flexibility index (Phi) is 4.83. The number of hydrogen-bond acceptors (Lipinski definition) is 2. The molecule has 0 atom stereocenters. The number of nitrogens with two attached hydrogens (primary N) is 1. The first-order chi connectivity index (χ1) is 9.07. The van der Waals surface area contributed by atoms with Crippen LogP contribution in [0.15, 0.2) is 24.3 Å². The molecule has 0 bridgehead atoms. The molecule has 0 aliphatic heterocycles. The first kappa shape index (κ1) is 14.4. The van der Waals surface area contributed by atoms with Crippen LogP contribution in [0, 0.1) is 0 Å². The van der Waals surface area contributed by atoms with Gasteiger partial charge >= 0.3 is 0 Å². The standard InChI is InChI=1S/C15H21ClN2O/c16-13-6-4-12(5-7-13)11-18-14(19)10-15(17)8-2-1-3-9-15/h4-7H,1-3,8-11,17H2,(H,18,19). The average molecular weight is 281 g/mol. The van der Waals surface area contributed by atoms with Crippen molar-refractivity contribution in [1.82, 2.24) is 5.32 Å². The quantitative estimate of drug-likeness (QED) is 0.891. The van der Waals surface area contributed by atoms with E-state index in [0.29, 0.717) is 18.0 Å². The number of carbonyl (C=O) groups is 1. The summed E-state index contributed by atoms with van der Waals surface area (Å²) in [5, 5.41) is 3.64. The largest absolute Gasteiger partial charge is 0.352 e. The van der Waals surface area contributed by atoms with Crippen molar-refractivity contribution in [2.24, 2.45) is 5.73 Å². The Morgan fingerprint density at radius 2 is 1.84 bits per heavy atom. The molecule has 1 fully saturated rings. The molecule has 0 heterocycles. The monoisotopic (exact) mass is 280 g/mol. The molecule has 1 aliphatic rings. The minimum atomic E-state index is -0.289. The topological polar surface area (TPSA) is 55.1 Å². The van der Waals surface area contributed by atoms with Gasteiger partial charge in [0.05, 0.1) is 0 Å². The lowest BCUT2D eigenvalue weighted by Crippen LogP contribution is -2.45. The van der Waals surface area contributed by atoms with Crippen molar-refractivity contribution in [2.45, 2.75) is 50.6 Å². The molecule has 104 valence electrons. The van der Waals surface area contributed by atoms with E-state index >= 15 is 0 Å². The van der Waals surface area contributed by atoms with Crippen molar-refractivity contribution in [3.63, 3.8) is 0 Å². The summed E-state index contributed by atoms with van der Waals surface area (Å²) in [5.41, 5.74) is 7.03. The third-order valence-electron chi connectivity index (χ3n) is 3.76. The van der Waals surface area contributed by atoms with Gasteiger partial charge in [-0.2, -0.15) is 0 Å². The van der Waals surface area contributed by atoms with Crippen LogP contribution in [-0.4, -0.2) is 11.4 Å². The maximum atomic E-state index is 11.9. The summed E-state index contributed by atoms with van der Waals surface area (Å²) in [5.74, 6) is 0.0411. The molecule has 0 saturated heterocycles. The molecular weight excluding hydrogens is 260 g/mol. The SMILES string of the molecule is NC1(CC(=O)NCc2ccc(Cl)cc2)CCCCC1. The normalized spacial score (nSPS) is 18.0. The Morgan fingerprint density at radius 1 is 1.21 bits per heavy atom. The van der Waals surface area contributed by atoms with E-state index in [1.807, 2.05) is 24.3 Å². The molecule has 1 saturated carbocycles. The molecule has 1 aromatic rings. The molecule has 1 amide bonds. The Morgan fingerprint density at radius 3 is 2.47 bits per heavy atom. The summed E-state index contributed by atoms with van der Waals surface area (Å²) < 4.78 is 0. The fraction of sp³-hybridized carbons (Fsp3) is 0.533. The van der Waals surface area contributed by atoms with Gasteiger partial charge in [-0.3, -0.25) is 4.79 Å². The molecule has 0 unspecified atom stereocenters. The highest BCUT2D eigenvalue weighted by molar-refractivity contribution is 6.30. The van der Waals surface area contributed by atoms with Crippen LogP contribution < -0.4 is 11.1 Å². The third-order valence-corrected chi connectivity index (χ3v) is 4.02. The van der Waals surface area contributed by atoms with Crippen molar-refractivity contribution in [1.29, 1.82) is 0 Å². The van der Waals surface area contributed by atoms with Crippen LogP contribution in [0.5, 0.6) is 0 Å². The lowest BCUT2D eigenvalue weighted by atomic mass is 9.80. The highest BCUT2D eigenvalue weighted by Gasteiger charge is 2.29. The van der Waals surface area contributed by atoms with Crippen molar-refractivity contribution in [3.05, 3.63) is 34.9 Å². The van der Waals surface area contributed by atoms with E-state index < -0.39 is 0 Å². The Hall–Kier alpha value is -1.06. The van der Waals surface area contributed by atoms with E-state index in [-0.39, 0.29) is 11.4 Å². The van der Waals surface area contributed by atoms with Crippen LogP contribution >= 0.6 is 11.6 Å². The lowest BCUT2D eigenvalue weighted by Gasteiger charge is -2.32. The molecule has 4 heteroatoms. The van der Waals surface area contributed by atoms with Crippen LogP contribution in [-0.2, 0) is 11.3 Å². The van der Waals surface area contributed by atoms with Crippen molar-refractivity contribution >= 4 is 17.5 Å². The average Bonchev–Trinajstić information content (AvgIpc) is 2.38. The van der Waals surface area contributed by atoms with Gasteiger partial charge in [-0.15, -0.1) is 0 Å². The predicted octanol–water partition coefficient (Wildman–Crippen LogP) is 3.01. The fourth-order valence-electron chi connectivity index (χ4n) is 2.62. The molecule has 3 N–H and O–H groups in total. The Balaban J connectivity index is 1.79. The summed E-state index contributed by atoms with van der Waals surface area (Å²) in [4.78, 5) is 11.9. The number of rotatable bonds is 4. The van der Waals surface area contributed by atoms with Crippen molar-refractivity contribution in [2.75, 3.05) is 0 Å². The summed E-state index contributed by atoms with van der Waals surface area (Å²) in [7, 11) is 0. The van der Waals surface area contributed by atoms with Crippen LogP contribution in [0.25, 0.3) is 0 Å².